The second-order valence-corrected chi connectivity index (χ2v) is 6.79. The Morgan fingerprint density at radius 2 is 2.17 bits per heavy atom. The molecule has 1 fully saturated rings. The van der Waals surface area contributed by atoms with Crippen LogP contribution in [0.5, 0.6) is 0 Å². The van der Waals surface area contributed by atoms with Gasteiger partial charge in [-0.2, -0.15) is 0 Å². The van der Waals surface area contributed by atoms with E-state index >= 15 is 0 Å². The van der Waals surface area contributed by atoms with Gasteiger partial charge in [-0.25, -0.2) is 15.0 Å². The van der Waals surface area contributed by atoms with Crippen molar-refractivity contribution in [1.82, 2.24) is 19.5 Å². The smallest absolute Gasteiger partial charge is 0.311 e. The molecule has 2 aromatic heterocycles. The molecule has 0 aliphatic carbocycles. The van der Waals surface area contributed by atoms with Gasteiger partial charge in [-0.05, 0) is 40.0 Å². The predicted octanol–water partition coefficient (Wildman–Crippen LogP) is 2.61. The molecule has 23 heavy (non-hydrogen) atoms. The lowest BCUT2D eigenvalue weighted by Crippen LogP contribution is -2.23. The van der Waals surface area contributed by atoms with Crippen LogP contribution >= 0.6 is 0 Å². The largest absolute Gasteiger partial charge is 0.459 e. The summed E-state index contributed by atoms with van der Waals surface area (Å²) < 4.78 is 13.1. The van der Waals surface area contributed by atoms with Gasteiger partial charge in [0.1, 0.15) is 30.4 Å². The van der Waals surface area contributed by atoms with Gasteiger partial charge in [0.15, 0.2) is 5.65 Å². The van der Waals surface area contributed by atoms with E-state index in [0.717, 1.165) is 25.9 Å². The molecule has 124 valence electrons. The van der Waals surface area contributed by atoms with Crippen LogP contribution in [0.3, 0.4) is 0 Å². The van der Waals surface area contributed by atoms with Crippen LogP contribution in [0.15, 0.2) is 12.7 Å². The third-order valence-corrected chi connectivity index (χ3v) is 3.85. The van der Waals surface area contributed by atoms with Crippen LogP contribution < -0.4 is 0 Å². The zero-order valence-electron chi connectivity index (χ0n) is 13.8. The molecule has 2 aromatic rings. The third-order valence-electron chi connectivity index (χ3n) is 3.85. The minimum Gasteiger partial charge on any atom is -0.459 e. The molecule has 0 spiro atoms. The zero-order chi connectivity index (χ0) is 16.4. The summed E-state index contributed by atoms with van der Waals surface area (Å²) in [6, 6.07) is 0. The Bertz CT molecular complexity index is 699. The highest BCUT2D eigenvalue weighted by atomic mass is 16.5. The number of rotatable bonds is 3. The topological polar surface area (TPSA) is 79.1 Å². The van der Waals surface area contributed by atoms with Crippen molar-refractivity contribution in [3.63, 3.8) is 0 Å². The summed E-state index contributed by atoms with van der Waals surface area (Å²) in [5, 5.41) is 0. The van der Waals surface area contributed by atoms with Crippen molar-refractivity contribution < 1.29 is 14.3 Å². The van der Waals surface area contributed by atoms with Gasteiger partial charge in [-0.3, -0.25) is 9.36 Å². The first-order chi connectivity index (χ1) is 11.0. The van der Waals surface area contributed by atoms with Crippen LogP contribution in [0, 0.1) is 5.41 Å². The number of carbonyl (C=O) groups excluding carboxylic acids is 1. The molecule has 3 heterocycles. The van der Waals surface area contributed by atoms with Crippen molar-refractivity contribution in [2.45, 2.75) is 52.9 Å². The first-order valence-corrected chi connectivity index (χ1v) is 7.92. The molecule has 0 saturated carbocycles. The summed E-state index contributed by atoms with van der Waals surface area (Å²) in [5.74, 6) is -0.265. The van der Waals surface area contributed by atoms with Gasteiger partial charge in [-0.1, -0.05) is 0 Å². The molecule has 0 amide bonds. The maximum absolute atomic E-state index is 11.9. The van der Waals surface area contributed by atoms with Gasteiger partial charge in [-0.15, -0.1) is 0 Å². The van der Waals surface area contributed by atoms with E-state index in [2.05, 4.69) is 15.0 Å². The van der Waals surface area contributed by atoms with E-state index in [9.17, 15) is 4.79 Å². The van der Waals surface area contributed by atoms with E-state index in [4.69, 9.17) is 9.47 Å². The molecule has 0 aromatic carbocycles. The Hall–Kier alpha value is -2.02. The van der Waals surface area contributed by atoms with Crippen LogP contribution in [0.1, 0.15) is 52.0 Å². The number of ether oxygens (including phenoxy) is 2. The van der Waals surface area contributed by atoms with E-state index < -0.39 is 5.41 Å². The highest BCUT2D eigenvalue weighted by Crippen LogP contribution is 2.26. The lowest BCUT2D eigenvalue weighted by molar-refractivity contribution is -0.154. The van der Waals surface area contributed by atoms with E-state index in [-0.39, 0.29) is 18.8 Å². The van der Waals surface area contributed by atoms with Gasteiger partial charge in [0.25, 0.3) is 0 Å². The van der Waals surface area contributed by atoms with Crippen LogP contribution in [-0.2, 0) is 20.9 Å². The first-order valence-electron chi connectivity index (χ1n) is 7.92. The average Bonchev–Trinajstić information content (AvgIpc) is 2.97. The van der Waals surface area contributed by atoms with Crippen molar-refractivity contribution >= 4 is 17.1 Å². The second kappa shape index (κ2) is 6.23. The number of hydrogen-bond donors (Lipinski definition) is 0. The van der Waals surface area contributed by atoms with E-state index in [1.54, 1.807) is 6.33 Å². The van der Waals surface area contributed by atoms with Crippen molar-refractivity contribution in [3.8, 4) is 0 Å². The van der Waals surface area contributed by atoms with E-state index in [1.165, 1.54) is 6.33 Å². The Morgan fingerprint density at radius 1 is 1.35 bits per heavy atom. The molecular weight excluding hydrogens is 296 g/mol. The molecule has 1 atom stereocenters. The third kappa shape index (κ3) is 3.34. The first kappa shape index (κ1) is 15.9. The van der Waals surface area contributed by atoms with Crippen LogP contribution in [0.4, 0.5) is 0 Å². The summed E-state index contributed by atoms with van der Waals surface area (Å²) >= 11 is 0. The number of imidazole rings is 1. The second-order valence-electron chi connectivity index (χ2n) is 6.79. The normalized spacial score (nSPS) is 19.0. The van der Waals surface area contributed by atoms with E-state index in [1.807, 2.05) is 25.3 Å². The van der Waals surface area contributed by atoms with Gasteiger partial charge in [0.2, 0.25) is 0 Å². The minimum atomic E-state index is -0.540. The summed E-state index contributed by atoms with van der Waals surface area (Å²) in [7, 11) is 0. The highest BCUT2D eigenvalue weighted by Gasteiger charge is 2.24. The number of aromatic nitrogens is 4. The molecule has 7 heteroatoms. The number of esters is 1. The molecule has 1 aliphatic heterocycles. The van der Waals surface area contributed by atoms with Gasteiger partial charge >= 0.3 is 5.97 Å². The highest BCUT2D eigenvalue weighted by molar-refractivity contribution is 5.76. The van der Waals surface area contributed by atoms with Crippen molar-refractivity contribution in [1.29, 1.82) is 0 Å². The lowest BCUT2D eigenvalue weighted by atomic mass is 9.97. The van der Waals surface area contributed by atoms with E-state index in [0.29, 0.717) is 16.9 Å². The summed E-state index contributed by atoms with van der Waals surface area (Å²) in [5.41, 5.74) is 1.45. The Morgan fingerprint density at radius 3 is 2.87 bits per heavy atom. The number of fused-ring (bicyclic) bond motifs is 1. The quantitative estimate of drug-likeness (QED) is 0.809. The Kier molecular flexibility index (Phi) is 4.30. The maximum Gasteiger partial charge on any atom is 0.311 e. The summed E-state index contributed by atoms with van der Waals surface area (Å²) in [6.45, 7) is 6.31. The molecule has 3 rings (SSSR count). The molecule has 1 saturated heterocycles. The SMILES string of the molecule is CC(C)(C)C(=O)OCc1ncnc2c1ncn2C1CCCCO1. The molecular formula is C16H22N4O3. The zero-order valence-corrected chi connectivity index (χ0v) is 13.8. The number of carbonyl (C=O) groups is 1. The minimum absolute atomic E-state index is 0.0337. The molecule has 0 radical (unpaired) electrons. The Balaban J connectivity index is 1.82. The number of nitrogens with zero attached hydrogens (tertiary/aromatic N) is 4. The van der Waals surface area contributed by atoms with Crippen molar-refractivity contribution in [2.75, 3.05) is 6.61 Å². The Labute approximate surface area is 135 Å². The lowest BCUT2D eigenvalue weighted by Gasteiger charge is -2.23. The molecule has 1 aliphatic rings. The van der Waals surface area contributed by atoms with Gasteiger partial charge < -0.3 is 9.47 Å². The average molecular weight is 318 g/mol. The monoisotopic (exact) mass is 318 g/mol. The summed E-state index contributed by atoms with van der Waals surface area (Å²) in [4.78, 5) is 24.9. The fraction of sp³-hybridized carbons (Fsp3) is 0.625. The molecule has 1 unspecified atom stereocenters. The maximum atomic E-state index is 11.9. The molecule has 7 nitrogen and oxygen atoms in total. The fourth-order valence-electron chi connectivity index (χ4n) is 2.51. The fourth-order valence-corrected chi connectivity index (χ4v) is 2.51. The molecule has 0 bridgehead atoms. The van der Waals surface area contributed by atoms with Gasteiger partial charge in [0.05, 0.1) is 11.7 Å². The molecule has 0 N–H and O–H groups in total. The van der Waals surface area contributed by atoms with Crippen LogP contribution in [0.2, 0.25) is 0 Å². The van der Waals surface area contributed by atoms with Crippen LogP contribution in [0.25, 0.3) is 11.2 Å². The summed E-state index contributed by atoms with van der Waals surface area (Å²) in [6.07, 6.45) is 6.34. The van der Waals surface area contributed by atoms with Crippen LogP contribution in [-0.4, -0.2) is 32.1 Å². The predicted molar refractivity (Wildman–Crippen MR) is 83.4 cm³/mol. The van der Waals surface area contributed by atoms with Gasteiger partial charge in [0, 0.05) is 6.61 Å². The van der Waals surface area contributed by atoms with Crippen molar-refractivity contribution in [2.24, 2.45) is 5.41 Å². The standard InChI is InChI=1S/C16H22N4O3/c1-16(2,3)15(21)23-8-11-13-14(18-9-17-11)20(10-19-13)12-6-4-5-7-22-12/h9-10,12H,4-8H2,1-3H3. The van der Waals surface area contributed by atoms with Crippen molar-refractivity contribution in [3.05, 3.63) is 18.3 Å². The number of hydrogen-bond acceptors (Lipinski definition) is 6.